The van der Waals surface area contributed by atoms with Crippen LogP contribution in [0.2, 0.25) is 0 Å². The van der Waals surface area contributed by atoms with E-state index in [1.54, 1.807) is 0 Å². The Morgan fingerprint density at radius 1 is 1.33 bits per heavy atom. The molecule has 21 heavy (non-hydrogen) atoms. The van der Waals surface area contributed by atoms with E-state index in [1.165, 1.54) is 5.56 Å². The molecule has 0 saturated carbocycles. The maximum atomic E-state index is 10.7. The minimum Gasteiger partial charge on any atom is -0.465 e. The number of hydrogen-bond donors (Lipinski definition) is 3. The van der Waals surface area contributed by atoms with Crippen LogP contribution >= 0.6 is 0 Å². The first kappa shape index (κ1) is 15.8. The van der Waals surface area contributed by atoms with Crippen LogP contribution in [0.25, 0.3) is 0 Å². The van der Waals surface area contributed by atoms with Gasteiger partial charge in [0.2, 0.25) is 0 Å². The zero-order valence-electron chi connectivity index (χ0n) is 13.0. The zero-order chi connectivity index (χ0) is 15.4. The van der Waals surface area contributed by atoms with Crippen molar-refractivity contribution in [1.82, 2.24) is 15.5 Å². The molecule has 1 aromatic rings. The topological polar surface area (TPSA) is 64.6 Å². The van der Waals surface area contributed by atoms with E-state index < -0.39 is 6.09 Å². The van der Waals surface area contributed by atoms with Crippen molar-refractivity contribution < 1.29 is 9.90 Å². The van der Waals surface area contributed by atoms with Gasteiger partial charge >= 0.3 is 6.09 Å². The van der Waals surface area contributed by atoms with E-state index in [0.29, 0.717) is 12.1 Å². The fraction of sp³-hybridized carbons (Fsp3) is 0.562. The maximum absolute atomic E-state index is 10.7. The lowest BCUT2D eigenvalue weighted by atomic mass is 10.0. The minimum absolute atomic E-state index is 0.184. The van der Waals surface area contributed by atoms with Crippen molar-refractivity contribution in [3.63, 3.8) is 0 Å². The van der Waals surface area contributed by atoms with Crippen molar-refractivity contribution in [1.29, 1.82) is 0 Å². The highest BCUT2D eigenvalue weighted by Crippen LogP contribution is 2.15. The number of nitrogens with zero attached hydrogens (tertiary/aromatic N) is 1. The number of carbonyl (C=O) groups is 1. The fourth-order valence-corrected chi connectivity index (χ4v) is 3.01. The third kappa shape index (κ3) is 4.72. The van der Waals surface area contributed by atoms with Crippen LogP contribution in [0.5, 0.6) is 0 Å². The van der Waals surface area contributed by atoms with Gasteiger partial charge in [-0.05, 0) is 31.9 Å². The quantitative estimate of drug-likeness (QED) is 0.796. The van der Waals surface area contributed by atoms with Gasteiger partial charge in [-0.3, -0.25) is 4.90 Å². The average molecular weight is 291 g/mol. The van der Waals surface area contributed by atoms with Gasteiger partial charge in [0.1, 0.15) is 0 Å². The van der Waals surface area contributed by atoms with E-state index in [0.717, 1.165) is 25.2 Å². The standard InChI is InChI=1S/C16H25N3O2/c1-11-8-19(9-12(2)17-11)10-14-4-6-15(7-5-14)13(3)18-16(20)21/h4-7,11-13,17-18H,8-10H2,1-3H3,(H,20,21). The van der Waals surface area contributed by atoms with Crippen LogP contribution < -0.4 is 10.6 Å². The van der Waals surface area contributed by atoms with Crippen LogP contribution in [-0.4, -0.2) is 41.3 Å². The van der Waals surface area contributed by atoms with Crippen LogP contribution in [0.1, 0.15) is 37.9 Å². The van der Waals surface area contributed by atoms with Gasteiger partial charge in [-0.25, -0.2) is 4.79 Å². The molecule has 2 rings (SSSR count). The summed E-state index contributed by atoms with van der Waals surface area (Å²) in [7, 11) is 0. The summed E-state index contributed by atoms with van der Waals surface area (Å²) in [6.45, 7) is 9.34. The van der Waals surface area contributed by atoms with E-state index in [9.17, 15) is 4.79 Å². The number of nitrogens with one attached hydrogen (secondary N) is 2. The fourth-order valence-electron chi connectivity index (χ4n) is 3.01. The molecule has 5 nitrogen and oxygen atoms in total. The van der Waals surface area contributed by atoms with E-state index in [2.05, 4.69) is 41.5 Å². The maximum Gasteiger partial charge on any atom is 0.405 e. The predicted molar refractivity (Wildman–Crippen MR) is 83.4 cm³/mol. The SMILES string of the molecule is CC1CN(Cc2ccc(C(C)NC(=O)O)cc2)CC(C)N1. The van der Waals surface area contributed by atoms with Crippen LogP contribution in [0.15, 0.2) is 24.3 Å². The lowest BCUT2D eigenvalue weighted by molar-refractivity contribution is 0.166. The van der Waals surface area contributed by atoms with Crippen molar-refractivity contribution in [3.05, 3.63) is 35.4 Å². The van der Waals surface area contributed by atoms with Crippen LogP contribution in [0.3, 0.4) is 0 Å². The summed E-state index contributed by atoms with van der Waals surface area (Å²) in [5.74, 6) is 0. The number of amides is 1. The lowest BCUT2D eigenvalue weighted by Gasteiger charge is -2.36. The van der Waals surface area contributed by atoms with Gasteiger partial charge in [0, 0.05) is 31.7 Å². The molecule has 1 saturated heterocycles. The molecular formula is C16H25N3O2. The summed E-state index contributed by atoms with van der Waals surface area (Å²) >= 11 is 0. The van der Waals surface area contributed by atoms with Crippen molar-refractivity contribution in [3.8, 4) is 0 Å². The van der Waals surface area contributed by atoms with Gasteiger partial charge in [0.05, 0.1) is 6.04 Å². The molecule has 1 aliphatic heterocycles. The third-order valence-electron chi connectivity index (χ3n) is 3.86. The molecule has 1 aromatic carbocycles. The number of hydrogen-bond acceptors (Lipinski definition) is 3. The van der Waals surface area contributed by atoms with Crippen LogP contribution in [0, 0.1) is 0 Å². The Bertz CT molecular complexity index is 465. The molecule has 0 radical (unpaired) electrons. The molecule has 1 aliphatic rings. The van der Waals surface area contributed by atoms with E-state index in [-0.39, 0.29) is 6.04 Å². The van der Waals surface area contributed by atoms with Crippen LogP contribution in [0.4, 0.5) is 4.79 Å². The minimum atomic E-state index is -0.990. The zero-order valence-corrected chi connectivity index (χ0v) is 13.0. The molecule has 116 valence electrons. The summed E-state index contributed by atoms with van der Waals surface area (Å²) in [6, 6.07) is 9.05. The second-order valence-electron chi connectivity index (χ2n) is 6.08. The normalized spacial score (nSPS) is 24.5. The van der Waals surface area contributed by atoms with Gasteiger partial charge in [0.15, 0.2) is 0 Å². The Kier molecular flexibility index (Phi) is 5.20. The molecule has 1 amide bonds. The second kappa shape index (κ2) is 6.91. The highest BCUT2D eigenvalue weighted by Gasteiger charge is 2.20. The molecular weight excluding hydrogens is 266 g/mol. The van der Waals surface area contributed by atoms with Crippen molar-refractivity contribution in [2.75, 3.05) is 13.1 Å². The molecule has 0 aromatic heterocycles. The van der Waals surface area contributed by atoms with Crippen molar-refractivity contribution in [2.24, 2.45) is 0 Å². The lowest BCUT2D eigenvalue weighted by Crippen LogP contribution is -2.53. The first-order valence-electron chi connectivity index (χ1n) is 7.50. The highest BCUT2D eigenvalue weighted by molar-refractivity contribution is 5.65. The Morgan fingerprint density at radius 3 is 2.43 bits per heavy atom. The molecule has 3 atom stereocenters. The first-order chi connectivity index (χ1) is 9.94. The van der Waals surface area contributed by atoms with Gasteiger partial charge in [-0.1, -0.05) is 24.3 Å². The molecule has 5 heteroatoms. The van der Waals surface area contributed by atoms with Gasteiger partial charge < -0.3 is 15.7 Å². The Labute approximate surface area is 126 Å². The Hall–Kier alpha value is -1.59. The Balaban J connectivity index is 1.94. The number of benzene rings is 1. The number of carboxylic acid groups (broad SMARTS) is 1. The molecule has 3 N–H and O–H groups in total. The average Bonchev–Trinajstić information content (AvgIpc) is 2.37. The van der Waals surface area contributed by atoms with Crippen LogP contribution in [-0.2, 0) is 6.54 Å². The van der Waals surface area contributed by atoms with Crippen molar-refractivity contribution >= 4 is 6.09 Å². The third-order valence-corrected chi connectivity index (χ3v) is 3.86. The molecule has 0 aliphatic carbocycles. The molecule has 0 spiro atoms. The van der Waals surface area contributed by atoms with E-state index in [1.807, 2.05) is 19.1 Å². The Morgan fingerprint density at radius 2 is 1.90 bits per heavy atom. The summed E-state index contributed by atoms with van der Waals surface area (Å²) in [5.41, 5.74) is 2.26. The van der Waals surface area contributed by atoms with Gasteiger partial charge in [-0.15, -0.1) is 0 Å². The predicted octanol–water partition coefficient (Wildman–Crippen LogP) is 2.20. The number of rotatable bonds is 4. The summed E-state index contributed by atoms with van der Waals surface area (Å²) < 4.78 is 0. The largest absolute Gasteiger partial charge is 0.465 e. The highest BCUT2D eigenvalue weighted by atomic mass is 16.4. The molecule has 1 fully saturated rings. The molecule has 1 heterocycles. The van der Waals surface area contributed by atoms with E-state index >= 15 is 0 Å². The van der Waals surface area contributed by atoms with E-state index in [4.69, 9.17) is 5.11 Å². The summed E-state index contributed by atoms with van der Waals surface area (Å²) in [4.78, 5) is 13.1. The van der Waals surface area contributed by atoms with Gasteiger partial charge in [0.25, 0.3) is 0 Å². The smallest absolute Gasteiger partial charge is 0.405 e. The molecule has 3 unspecified atom stereocenters. The van der Waals surface area contributed by atoms with Gasteiger partial charge in [-0.2, -0.15) is 0 Å². The summed E-state index contributed by atoms with van der Waals surface area (Å²) in [6.07, 6.45) is -0.990. The molecule has 0 bridgehead atoms. The second-order valence-corrected chi connectivity index (χ2v) is 6.08. The summed E-state index contributed by atoms with van der Waals surface area (Å²) in [5, 5.41) is 14.7. The monoisotopic (exact) mass is 291 g/mol. The number of piperazine rings is 1. The van der Waals surface area contributed by atoms with Crippen molar-refractivity contribution in [2.45, 2.75) is 45.4 Å². The first-order valence-corrected chi connectivity index (χ1v) is 7.50.